The summed E-state index contributed by atoms with van der Waals surface area (Å²) < 4.78 is 10.5. The molecule has 1 aliphatic carbocycles. The summed E-state index contributed by atoms with van der Waals surface area (Å²) in [5.41, 5.74) is 1.15. The minimum absolute atomic E-state index is 0.249. The summed E-state index contributed by atoms with van der Waals surface area (Å²) in [5.74, 6) is 2.49. The van der Waals surface area contributed by atoms with E-state index >= 15 is 0 Å². The van der Waals surface area contributed by atoms with Gasteiger partial charge in [-0.1, -0.05) is 0 Å². The van der Waals surface area contributed by atoms with Crippen molar-refractivity contribution < 1.29 is 14.6 Å². The van der Waals surface area contributed by atoms with Gasteiger partial charge in [0.25, 0.3) is 0 Å². The first kappa shape index (κ1) is 11.3. The number of hydrogen-bond donors (Lipinski definition) is 1. The molecule has 88 valence electrons. The van der Waals surface area contributed by atoms with E-state index in [1.54, 1.807) is 14.2 Å². The molecule has 1 aromatic carbocycles. The van der Waals surface area contributed by atoms with Crippen molar-refractivity contribution in [1.29, 1.82) is 0 Å². The maximum Gasteiger partial charge on any atom is 0.122 e. The van der Waals surface area contributed by atoms with Gasteiger partial charge in [-0.3, -0.25) is 0 Å². The Morgan fingerprint density at radius 2 is 2.06 bits per heavy atom. The third-order valence-corrected chi connectivity index (χ3v) is 3.30. The van der Waals surface area contributed by atoms with Crippen molar-refractivity contribution in [3.8, 4) is 11.5 Å². The molecule has 0 radical (unpaired) electrons. The minimum atomic E-state index is -0.249. The zero-order chi connectivity index (χ0) is 11.7. The van der Waals surface area contributed by atoms with Crippen LogP contribution in [0.5, 0.6) is 11.5 Å². The van der Waals surface area contributed by atoms with Crippen molar-refractivity contribution in [2.75, 3.05) is 14.2 Å². The van der Waals surface area contributed by atoms with E-state index in [1.807, 2.05) is 25.1 Å². The van der Waals surface area contributed by atoms with Gasteiger partial charge in [0.15, 0.2) is 0 Å². The van der Waals surface area contributed by atoms with E-state index < -0.39 is 0 Å². The van der Waals surface area contributed by atoms with Crippen LogP contribution in [0.25, 0.3) is 0 Å². The molecule has 1 N–H and O–H groups in total. The van der Waals surface area contributed by atoms with Gasteiger partial charge in [0, 0.05) is 5.56 Å². The lowest BCUT2D eigenvalue weighted by atomic mass is 10.1. The number of rotatable bonds is 4. The number of hydrogen-bond acceptors (Lipinski definition) is 3. The Labute approximate surface area is 96.0 Å². The first-order valence-corrected chi connectivity index (χ1v) is 5.57. The zero-order valence-corrected chi connectivity index (χ0v) is 9.93. The second-order valence-electron chi connectivity index (χ2n) is 4.35. The first-order chi connectivity index (χ1) is 7.67. The quantitative estimate of drug-likeness (QED) is 0.848. The van der Waals surface area contributed by atoms with Crippen LogP contribution in [0.15, 0.2) is 18.2 Å². The van der Waals surface area contributed by atoms with Crippen LogP contribution in [0.4, 0.5) is 0 Å². The van der Waals surface area contributed by atoms with Gasteiger partial charge >= 0.3 is 0 Å². The standard InChI is InChI=1S/C13H18O3/c1-8(14)10-7-11(10)12-6-9(15-2)4-5-13(12)16-3/h4-6,8,10-11,14H,7H2,1-3H3. The molecular weight excluding hydrogens is 204 g/mol. The topological polar surface area (TPSA) is 38.7 Å². The van der Waals surface area contributed by atoms with Gasteiger partial charge in [-0.05, 0) is 43.4 Å². The lowest BCUT2D eigenvalue weighted by Gasteiger charge is -2.11. The van der Waals surface area contributed by atoms with Gasteiger partial charge in [0.05, 0.1) is 20.3 Å². The van der Waals surface area contributed by atoms with Gasteiger partial charge in [-0.2, -0.15) is 0 Å². The Morgan fingerprint density at radius 1 is 1.31 bits per heavy atom. The maximum atomic E-state index is 9.54. The molecular formula is C13H18O3. The molecule has 0 spiro atoms. The molecule has 0 bridgehead atoms. The lowest BCUT2D eigenvalue weighted by molar-refractivity contribution is 0.168. The molecule has 0 aromatic heterocycles. The van der Waals surface area contributed by atoms with Crippen LogP contribution in [0.3, 0.4) is 0 Å². The Morgan fingerprint density at radius 3 is 2.56 bits per heavy atom. The fourth-order valence-electron chi connectivity index (χ4n) is 2.23. The number of methoxy groups -OCH3 is 2. The van der Waals surface area contributed by atoms with E-state index in [0.29, 0.717) is 11.8 Å². The van der Waals surface area contributed by atoms with Crippen LogP contribution in [-0.2, 0) is 0 Å². The van der Waals surface area contributed by atoms with E-state index in [2.05, 4.69) is 0 Å². The van der Waals surface area contributed by atoms with Gasteiger partial charge in [-0.25, -0.2) is 0 Å². The molecule has 1 fully saturated rings. The smallest absolute Gasteiger partial charge is 0.122 e. The number of aliphatic hydroxyl groups is 1. The van der Waals surface area contributed by atoms with Crippen LogP contribution < -0.4 is 9.47 Å². The number of aliphatic hydroxyl groups excluding tert-OH is 1. The normalized spacial score (nSPS) is 25.0. The summed E-state index contributed by atoms with van der Waals surface area (Å²) in [6.45, 7) is 1.84. The van der Waals surface area contributed by atoms with Crippen LogP contribution in [-0.4, -0.2) is 25.4 Å². The average Bonchev–Trinajstić information content (AvgIpc) is 3.08. The molecule has 0 aliphatic heterocycles. The molecule has 1 saturated carbocycles. The van der Waals surface area contributed by atoms with E-state index in [1.165, 1.54) is 0 Å². The van der Waals surface area contributed by atoms with E-state index in [4.69, 9.17) is 9.47 Å². The van der Waals surface area contributed by atoms with Crippen molar-refractivity contribution in [1.82, 2.24) is 0 Å². The maximum absolute atomic E-state index is 9.54. The van der Waals surface area contributed by atoms with Crippen molar-refractivity contribution in [2.24, 2.45) is 5.92 Å². The molecule has 2 rings (SSSR count). The summed E-state index contributed by atoms with van der Waals surface area (Å²) in [6, 6.07) is 5.82. The molecule has 0 saturated heterocycles. The summed E-state index contributed by atoms with van der Waals surface area (Å²) >= 11 is 0. The van der Waals surface area contributed by atoms with E-state index in [-0.39, 0.29) is 6.10 Å². The van der Waals surface area contributed by atoms with Crippen LogP contribution in [0, 0.1) is 5.92 Å². The highest BCUT2D eigenvalue weighted by Gasteiger charge is 2.43. The molecule has 3 unspecified atom stereocenters. The monoisotopic (exact) mass is 222 g/mol. The average molecular weight is 222 g/mol. The van der Waals surface area contributed by atoms with Crippen LogP contribution in [0.1, 0.15) is 24.8 Å². The van der Waals surface area contributed by atoms with Gasteiger partial charge < -0.3 is 14.6 Å². The molecule has 3 heteroatoms. The summed E-state index contributed by atoms with van der Waals surface area (Å²) in [7, 11) is 3.33. The number of ether oxygens (including phenoxy) is 2. The zero-order valence-electron chi connectivity index (χ0n) is 9.93. The summed E-state index contributed by atoms with van der Waals surface area (Å²) in [6.07, 6.45) is 0.780. The molecule has 1 aromatic rings. The molecule has 0 amide bonds. The second-order valence-corrected chi connectivity index (χ2v) is 4.35. The minimum Gasteiger partial charge on any atom is -0.497 e. The summed E-state index contributed by atoms with van der Waals surface area (Å²) in [4.78, 5) is 0. The van der Waals surface area contributed by atoms with Gasteiger partial charge in [0.2, 0.25) is 0 Å². The predicted octanol–water partition coefficient (Wildman–Crippen LogP) is 2.19. The van der Waals surface area contributed by atoms with E-state index in [0.717, 1.165) is 23.5 Å². The van der Waals surface area contributed by atoms with Crippen molar-refractivity contribution in [2.45, 2.75) is 25.4 Å². The lowest BCUT2D eigenvalue weighted by Crippen LogP contribution is -2.04. The Hall–Kier alpha value is -1.22. The third-order valence-electron chi connectivity index (χ3n) is 3.30. The van der Waals surface area contributed by atoms with Gasteiger partial charge in [0.1, 0.15) is 11.5 Å². The third kappa shape index (κ3) is 2.00. The van der Waals surface area contributed by atoms with Crippen LogP contribution in [0.2, 0.25) is 0 Å². The summed E-state index contributed by atoms with van der Waals surface area (Å²) in [5, 5.41) is 9.54. The first-order valence-electron chi connectivity index (χ1n) is 5.57. The highest BCUT2D eigenvalue weighted by molar-refractivity contribution is 5.45. The fourth-order valence-corrected chi connectivity index (χ4v) is 2.23. The Bertz CT molecular complexity index is 373. The predicted molar refractivity (Wildman–Crippen MR) is 62.1 cm³/mol. The SMILES string of the molecule is COc1ccc(OC)c(C2CC2C(C)O)c1. The highest BCUT2D eigenvalue weighted by atomic mass is 16.5. The molecule has 16 heavy (non-hydrogen) atoms. The van der Waals surface area contributed by atoms with E-state index in [9.17, 15) is 5.11 Å². The molecule has 1 aliphatic rings. The van der Waals surface area contributed by atoms with Crippen molar-refractivity contribution in [3.05, 3.63) is 23.8 Å². The molecule has 3 atom stereocenters. The largest absolute Gasteiger partial charge is 0.497 e. The Balaban J connectivity index is 2.25. The van der Waals surface area contributed by atoms with Crippen LogP contribution >= 0.6 is 0 Å². The Kier molecular flexibility index (Phi) is 3.06. The second kappa shape index (κ2) is 4.34. The molecule has 3 nitrogen and oxygen atoms in total. The highest BCUT2D eigenvalue weighted by Crippen LogP contribution is 2.52. The van der Waals surface area contributed by atoms with Crippen molar-refractivity contribution in [3.63, 3.8) is 0 Å². The van der Waals surface area contributed by atoms with Crippen molar-refractivity contribution >= 4 is 0 Å². The number of benzene rings is 1. The molecule has 0 heterocycles. The fraction of sp³-hybridized carbons (Fsp3) is 0.538. The van der Waals surface area contributed by atoms with Gasteiger partial charge in [-0.15, -0.1) is 0 Å².